The van der Waals surface area contributed by atoms with Crippen molar-refractivity contribution in [2.75, 3.05) is 39.3 Å². The van der Waals surface area contributed by atoms with E-state index in [4.69, 9.17) is 11.5 Å². The van der Waals surface area contributed by atoms with Gasteiger partial charge in [-0.2, -0.15) is 0 Å². The molecule has 2 fully saturated rings. The average Bonchev–Trinajstić information content (AvgIpc) is 3.93. The monoisotopic (exact) mass is 954 g/mol. The van der Waals surface area contributed by atoms with Gasteiger partial charge in [0.05, 0.1) is 38.2 Å². The Hall–Kier alpha value is -6.48. The SMILES string of the molecule is CC(C)C[C@H](NC(=O)CNC(=O)[C@H](CC(=O)O)NC(=O)[C@H](CCC(N)=O)NC(=O)CNC(=O)[C@@H]1C[C@@H](O)CN1)C(=O)N[C@@H](C)C(=O)NCC(=O)N1CCC[C@H]1C(=O)N[C@@H](CCCCN)C(=O)O. The third-order valence-corrected chi connectivity index (χ3v) is 10.6. The number of hydrogen-bond acceptors (Lipinski definition) is 15. The standard InChI is InChI=1S/C40H66N12O15/c1-20(2)13-26(38(64)47-21(3)34(60)46-19-32(57)52-12-6-8-28(52)39(65)50-24(40(66)67)7-4-5-11-41)49-31(56)18-45-36(62)27(15-33(58)59)51-37(63)23(9-10-29(42)54)48-30(55)17-44-35(61)25-14-22(53)16-43-25/h20-28,43,53H,4-19,41H2,1-3H3,(H2,42,54)(H,44,61)(H,45,62)(H,46,60)(H,47,64)(H,48,55)(H,49,56)(H,50,65)(H,51,63)(H,58,59)(H,66,67)/t21-,22+,23-,24-,25-,26-,27-,28-/m0/s1. The summed E-state index contributed by atoms with van der Waals surface area (Å²) < 4.78 is 0. The fourth-order valence-electron chi connectivity index (χ4n) is 7.06. The minimum Gasteiger partial charge on any atom is -0.481 e. The van der Waals surface area contributed by atoms with Crippen molar-refractivity contribution in [3.63, 3.8) is 0 Å². The maximum atomic E-state index is 13.3. The Labute approximate surface area is 386 Å². The van der Waals surface area contributed by atoms with Crippen molar-refractivity contribution in [2.24, 2.45) is 17.4 Å². The van der Waals surface area contributed by atoms with Gasteiger partial charge in [-0.15, -0.1) is 0 Å². The summed E-state index contributed by atoms with van der Waals surface area (Å²) in [5.41, 5.74) is 10.7. The Morgan fingerprint density at radius 2 is 1.33 bits per heavy atom. The first-order valence-electron chi connectivity index (χ1n) is 22.0. The summed E-state index contributed by atoms with van der Waals surface area (Å²) >= 11 is 0. The van der Waals surface area contributed by atoms with Crippen LogP contribution in [-0.4, -0.2) is 179 Å². The number of β-amino-alcohol motifs (C(OH)–C–C–N with tert-alkyl or cyclic N) is 1. The highest BCUT2D eigenvalue weighted by molar-refractivity contribution is 5.98. The number of nitrogens with two attached hydrogens (primary N) is 2. The second-order valence-electron chi connectivity index (χ2n) is 16.7. The molecule has 2 saturated heterocycles. The van der Waals surface area contributed by atoms with Gasteiger partial charge in [-0.1, -0.05) is 13.8 Å². The zero-order valence-corrected chi connectivity index (χ0v) is 37.9. The van der Waals surface area contributed by atoms with Gasteiger partial charge in [0.1, 0.15) is 36.3 Å². The molecule has 27 nitrogen and oxygen atoms in total. The van der Waals surface area contributed by atoms with Crippen molar-refractivity contribution >= 4 is 71.0 Å². The Bertz CT molecular complexity index is 1820. The third-order valence-electron chi connectivity index (χ3n) is 10.6. The van der Waals surface area contributed by atoms with Crippen LogP contribution in [0.5, 0.6) is 0 Å². The molecule has 0 aliphatic carbocycles. The molecule has 67 heavy (non-hydrogen) atoms. The Kier molecular flexibility index (Phi) is 24.1. The van der Waals surface area contributed by atoms with Gasteiger partial charge in [0.15, 0.2) is 0 Å². The number of carboxylic acids is 2. The molecule has 0 radical (unpaired) electrons. The van der Waals surface area contributed by atoms with Crippen LogP contribution in [0.4, 0.5) is 0 Å². The van der Waals surface area contributed by atoms with Crippen LogP contribution in [0.2, 0.25) is 0 Å². The number of carboxylic acid groups (broad SMARTS) is 2. The molecule has 2 rings (SSSR count). The minimum atomic E-state index is -1.82. The van der Waals surface area contributed by atoms with Gasteiger partial charge in [0.2, 0.25) is 59.1 Å². The largest absolute Gasteiger partial charge is 0.481 e. The number of carbonyl (C=O) groups is 12. The van der Waals surface area contributed by atoms with E-state index in [0.29, 0.717) is 25.8 Å². The fraction of sp³-hybridized carbons (Fsp3) is 0.700. The van der Waals surface area contributed by atoms with Gasteiger partial charge in [-0.25, -0.2) is 4.79 Å². The van der Waals surface area contributed by atoms with E-state index in [1.54, 1.807) is 13.8 Å². The molecule has 0 spiro atoms. The number of carbonyl (C=O) groups excluding carboxylic acids is 10. The molecule has 10 amide bonds. The Morgan fingerprint density at radius 1 is 0.701 bits per heavy atom. The summed E-state index contributed by atoms with van der Waals surface area (Å²) in [6.07, 6.45) is -0.470. The molecular formula is C40H66N12O15. The van der Waals surface area contributed by atoms with E-state index in [0.717, 1.165) is 0 Å². The Balaban J connectivity index is 1.98. The van der Waals surface area contributed by atoms with E-state index < -0.39 is 152 Å². The second kappa shape index (κ2) is 28.5. The number of nitrogens with one attached hydrogen (secondary N) is 9. The van der Waals surface area contributed by atoms with Gasteiger partial charge < -0.3 is 79.5 Å². The number of primary amides is 1. The van der Waals surface area contributed by atoms with E-state index in [-0.39, 0.29) is 51.1 Å². The van der Waals surface area contributed by atoms with Crippen LogP contribution in [0.25, 0.3) is 0 Å². The summed E-state index contributed by atoms with van der Waals surface area (Å²) in [5, 5.41) is 50.1. The molecule has 0 saturated carbocycles. The number of likely N-dealkylation sites (tertiary alicyclic amines) is 1. The van der Waals surface area contributed by atoms with Crippen molar-refractivity contribution < 1.29 is 72.9 Å². The highest BCUT2D eigenvalue weighted by Crippen LogP contribution is 2.18. The number of aliphatic hydroxyl groups is 1. The maximum Gasteiger partial charge on any atom is 0.326 e. The summed E-state index contributed by atoms with van der Waals surface area (Å²) in [5.74, 6) is -11.4. The van der Waals surface area contributed by atoms with E-state index >= 15 is 0 Å². The van der Waals surface area contributed by atoms with Crippen molar-refractivity contribution in [2.45, 2.75) is 133 Å². The topological polar surface area (TPSA) is 429 Å². The van der Waals surface area contributed by atoms with Gasteiger partial charge in [-0.05, 0) is 70.8 Å². The molecule has 0 aromatic heterocycles. The van der Waals surface area contributed by atoms with Gasteiger partial charge in [0, 0.05) is 19.5 Å². The highest BCUT2D eigenvalue weighted by Gasteiger charge is 2.37. The lowest BCUT2D eigenvalue weighted by Gasteiger charge is -2.26. The number of rotatable bonds is 29. The maximum absolute atomic E-state index is 13.3. The zero-order valence-electron chi connectivity index (χ0n) is 37.9. The average molecular weight is 955 g/mol. The lowest BCUT2D eigenvalue weighted by atomic mass is 10.0. The molecule has 16 N–H and O–H groups in total. The number of aliphatic hydroxyl groups excluding tert-OH is 1. The molecule has 2 aliphatic heterocycles. The number of amides is 10. The molecule has 0 aromatic carbocycles. The summed E-state index contributed by atoms with van der Waals surface area (Å²) in [4.78, 5) is 153. The van der Waals surface area contributed by atoms with Crippen LogP contribution in [0, 0.1) is 5.92 Å². The van der Waals surface area contributed by atoms with E-state index in [9.17, 15) is 72.9 Å². The van der Waals surface area contributed by atoms with E-state index in [1.165, 1.54) is 11.8 Å². The highest BCUT2D eigenvalue weighted by atomic mass is 16.4. The van der Waals surface area contributed by atoms with E-state index in [1.807, 2.05) is 0 Å². The molecule has 27 heteroatoms. The van der Waals surface area contributed by atoms with Crippen molar-refractivity contribution in [3.8, 4) is 0 Å². The zero-order chi connectivity index (χ0) is 50.4. The number of nitrogens with zero attached hydrogens (tertiary/aromatic N) is 1. The Morgan fingerprint density at radius 3 is 1.91 bits per heavy atom. The predicted molar refractivity (Wildman–Crippen MR) is 232 cm³/mol. The lowest BCUT2D eigenvalue weighted by molar-refractivity contribution is -0.144. The van der Waals surface area contributed by atoms with Gasteiger partial charge >= 0.3 is 11.9 Å². The normalized spacial score (nSPS) is 18.8. The van der Waals surface area contributed by atoms with Gasteiger partial charge in [-0.3, -0.25) is 52.7 Å². The predicted octanol–water partition coefficient (Wildman–Crippen LogP) is -6.51. The molecule has 0 bridgehead atoms. The molecule has 2 aliphatic rings. The quantitative estimate of drug-likeness (QED) is 0.0310. The van der Waals surface area contributed by atoms with Crippen LogP contribution >= 0.6 is 0 Å². The first kappa shape index (κ1) is 56.6. The number of unbranched alkanes of at least 4 members (excludes halogenated alkanes) is 1. The van der Waals surface area contributed by atoms with Crippen molar-refractivity contribution in [3.05, 3.63) is 0 Å². The summed E-state index contributed by atoms with van der Waals surface area (Å²) in [6.45, 7) is 3.51. The molecule has 8 atom stereocenters. The lowest BCUT2D eigenvalue weighted by Crippen LogP contribution is -2.57. The molecule has 376 valence electrons. The molecule has 2 heterocycles. The minimum absolute atomic E-state index is 0.0485. The third kappa shape index (κ3) is 20.7. The van der Waals surface area contributed by atoms with E-state index in [2.05, 4.69) is 47.9 Å². The van der Waals surface area contributed by atoms with Crippen LogP contribution in [-0.2, 0) is 57.5 Å². The summed E-state index contributed by atoms with van der Waals surface area (Å²) in [7, 11) is 0. The smallest absolute Gasteiger partial charge is 0.326 e. The second-order valence-corrected chi connectivity index (χ2v) is 16.7. The number of aliphatic carboxylic acids is 2. The van der Waals surface area contributed by atoms with Crippen molar-refractivity contribution in [1.82, 2.24) is 52.8 Å². The van der Waals surface area contributed by atoms with Crippen LogP contribution in [0.1, 0.15) is 85.0 Å². The number of hydrogen-bond donors (Lipinski definition) is 14. The van der Waals surface area contributed by atoms with Crippen LogP contribution < -0.4 is 59.3 Å². The van der Waals surface area contributed by atoms with Crippen molar-refractivity contribution in [1.29, 1.82) is 0 Å². The first-order valence-corrected chi connectivity index (χ1v) is 22.0. The fourth-order valence-corrected chi connectivity index (χ4v) is 7.06. The van der Waals surface area contributed by atoms with Gasteiger partial charge in [0.25, 0.3) is 0 Å². The van der Waals surface area contributed by atoms with Crippen LogP contribution in [0.15, 0.2) is 0 Å². The van der Waals surface area contributed by atoms with Crippen LogP contribution in [0.3, 0.4) is 0 Å². The molecule has 0 unspecified atom stereocenters. The molecular weight excluding hydrogens is 889 g/mol. The first-order chi connectivity index (χ1) is 31.5. The summed E-state index contributed by atoms with van der Waals surface area (Å²) in [6, 6.07) is -8.75. The molecule has 0 aromatic rings.